The summed E-state index contributed by atoms with van der Waals surface area (Å²) in [7, 11) is 0. The highest BCUT2D eigenvalue weighted by Gasteiger charge is 2.16. The molecular weight excluding hydrogens is 329 g/mol. The van der Waals surface area contributed by atoms with Crippen LogP contribution in [0.4, 0.5) is 15.9 Å². The number of nitrogens with zero attached hydrogens (tertiary/aromatic N) is 2. The van der Waals surface area contributed by atoms with Crippen molar-refractivity contribution in [3.05, 3.63) is 52.9 Å². The molecule has 126 valence electrons. The second-order valence-corrected chi connectivity index (χ2v) is 6.26. The third-order valence-electron chi connectivity index (χ3n) is 4.15. The van der Waals surface area contributed by atoms with Crippen LogP contribution in [0.15, 0.2) is 36.5 Å². The summed E-state index contributed by atoms with van der Waals surface area (Å²) in [6.45, 7) is 2.05. The lowest BCUT2D eigenvalue weighted by Crippen LogP contribution is -2.24. The van der Waals surface area contributed by atoms with Gasteiger partial charge in [0.15, 0.2) is 0 Å². The minimum atomic E-state index is -0.652. The van der Waals surface area contributed by atoms with Crippen molar-refractivity contribution in [3.63, 3.8) is 0 Å². The molecule has 2 heterocycles. The van der Waals surface area contributed by atoms with Gasteiger partial charge in [0.05, 0.1) is 22.5 Å². The number of carbonyl (C=O) groups excluding carboxylic acids is 1. The highest BCUT2D eigenvalue weighted by atomic mass is 35.5. The average molecular weight is 348 g/mol. The molecule has 0 bridgehead atoms. The van der Waals surface area contributed by atoms with E-state index in [1.807, 2.05) is 6.07 Å². The molecule has 1 fully saturated rings. The molecule has 2 aromatic rings. The van der Waals surface area contributed by atoms with Gasteiger partial charge in [-0.1, -0.05) is 30.5 Å². The average Bonchev–Trinajstić information content (AvgIpc) is 2.85. The van der Waals surface area contributed by atoms with Crippen molar-refractivity contribution >= 4 is 29.0 Å². The lowest BCUT2D eigenvalue weighted by molar-refractivity contribution is 0.102. The molecule has 24 heavy (non-hydrogen) atoms. The third-order valence-corrected chi connectivity index (χ3v) is 4.47. The summed E-state index contributed by atoms with van der Waals surface area (Å²) < 4.78 is 13.8. The number of halogens is 2. The van der Waals surface area contributed by atoms with Crippen LogP contribution in [0.5, 0.6) is 0 Å². The van der Waals surface area contributed by atoms with E-state index < -0.39 is 11.7 Å². The van der Waals surface area contributed by atoms with E-state index in [1.165, 1.54) is 43.9 Å². The molecule has 0 atom stereocenters. The van der Waals surface area contributed by atoms with Gasteiger partial charge in [0.25, 0.3) is 5.91 Å². The first kappa shape index (κ1) is 16.7. The van der Waals surface area contributed by atoms with Gasteiger partial charge in [-0.2, -0.15) is 0 Å². The Morgan fingerprint density at radius 1 is 1.12 bits per heavy atom. The third kappa shape index (κ3) is 3.85. The minimum Gasteiger partial charge on any atom is -0.370 e. The van der Waals surface area contributed by atoms with Gasteiger partial charge in [-0.15, -0.1) is 0 Å². The number of hydrogen-bond donors (Lipinski definition) is 1. The lowest BCUT2D eigenvalue weighted by Gasteiger charge is -2.22. The normalized spacial score (nSPS) is 15.0. The molecule has 6 heteroatoms. The molecule has 4 nitrogen and oxygen atoms in total. The van der Waals surface area contributed by atoms with Gasteiger partial charge in [0.1, 0.15) is 11.6 Å². The molecule has 0 unspecified atom stereocenters. The predicted molar refractivity (Wildman–Crippen MR) is 94.3 cm³/mol. The van der Waals surface area contributed by atoms with Crippen molar-refractivity contribution in [1.82, 2.24) is 4.98 Å². The van der Waals surface area contributed by atoms with Crippen molar-refractivity contribution in [1.29, 1.82) is 0 Å². The zero-order valence-corrected chi connectivity index (χ0v) is 14.0. The molecule has 0 aliphatic carbocycles. The van der Waals surface area contributed by atoms with E-state index in [9.17, 15) is 9.18 Å². The SMILES string of the molecule is O=C(Nc1ccc(N2CCCCCC2)cn1)c1c(F)cccc1Cl. The summed E-state index contributed by atoms with van der Waals surface area (Å²) in [4.78, 5) is 18.8. The van der Waals surface area contributed by atoms with Crippen molar-refractivity contribution in [2.75, 3.05) is 23.3 Å². The standard InChI is InChI=1S/C18H19ClFN3O/c19-14-6-5-7-15(20)17(14)18(24)22-16-9-8-13(12-21-16)23-10-3-1-2-4-11-23/h5-9,12H,1-4,10-11H2,(H,21,22,24). The van der Waals surface area contributed by atoms with Crippen LogP contribution < -0.4 is 10.2 Å². The summed E-state index contributed by atoms with van der Waals surface area (Å²) >= 11 is 5.90. The van der Waals surface area contributed by atoms with Crippen molar-refractivity contribution in [2.24, 2.45) is 0 Å². The number of amides is 1. The van der Waals surface area contributed by atoms with Crippen molar-refractivity contribution in [3.8, 4) is 0 Å². The van der Waals surface area contributed by atoms with Crippen LogP contribution in [0.3, 0.4) is 0 Å². The number of rotatable bonds is 3. The topological polar surface area (TPSA) is 45.2 Å². The summed E-state index contributed by atoms with van der Waals surface area (Å²) in [6.07, 6.45) is 6.64. The van der Waals surface area contributed by atoms with Crippen LogP contribution in [0.1, 0.15) is 36.0 Å². The summed E-state index contributed by atoms with van der Waals surface area (Å²) in [5, 5.41) is 2.67. The smallest absolute Gasteiger partial charge is 0.261 e. The number of benzene rings is 1. The Hall–Kier alpha value is -2.14. The van der Waals surface area contributed by atoms with E-state index in [-0.39, 0.29) is 10.6 Å². The Morgan fingerprint density at radius 3 is 2.50 bits per heavy atom. The maximum atomic E-state index is 13.8. The predicted octanol–water partition coefficient (Wildman–Crippen LogP) is 4.51. The molecule has 1 amide bonds. The fraction of sp³-hybridized carbons (Fsp3) is 0.333. The van der Waals surface area contributed by atoms with Crippen LogP contribution >= 0.6 is 11.6 Å². The van der Waals surface area contributed by atoms with Gasteiger partial charge in [0, 0.05) is 13.1 Å². The van der Waals surface area contributed by atoms with Gasteiger partial charge in [-0.3, -0.25) is 4.79 Å². The quantitative estimate of drug-likeness (QED) is 0.888. The van der Waals surface area contributed by atoms with Crippen LogP contribution in [0, 0.1) is 5.82 Å². The first-order chi connectivity index (χ1) is 11.6. The fourth-order valence-electron chi connectivity index (χ4n) is 2.87. The number of carbonyl (C=O) groups is 1. The summed E-state index contributed by atoms with van der Waals surface area (Å²) in [5.74, 6) is -0.882. The lowest BCUT2D eigenvalue weighted by atomic mass is 10.2. The minimum absolute atomic E-state index is 0.0775. The Labute approximate surface area is 145 Å². The fourth-order valence-corrected chi connectivity index (χ4v) is 3.12. The number of anilines is 2. The van der Waals surface area contributed by atoms with Crippen LogP contribution in [-0.2, 0) is 0 Å². The Bertz CT molecular complexity index is 692. The highest BCUT2D eigenvalue weighted by Crippen LogP contribution is 2.22. The van der Waals surface area contributed by atoms with Crippen molar-refractivity contribution in [2.45, 2.75) is 25.7 Å². The van der Waals surface area contributed by atoms with E-state index in [2.05, 4.69) is 15.2 Å². The second kappa shape index (κ2) is 7.62. The highest BCUT2D eigenvalue weighted by molar-refractivity contribution is 6.34. The Morgan fingerprint density at radius 2 is 1.88 bits per heavy atom. The van der Waals surface area contributed by atoms with Crippen LogP contribution in [0.25, 0.3) is 0 Å². The summed E-state index contributed by atoms with van der Waals surface area (Å²) in [5.41, 5.74) is 0.872. The number of pyridine rings is 1. The molecule has 3 rings (SSSR count). The van der Waals surface area contributed by atoms with E-state index in [0.29, 0.717) is 5.82 Å². The molecule has 1 aliphatic heterocycles. The van der Waals surface area contributed by atoms with Crippen LogP contribution in [0.2, 0.25) is 5.02 Å². The first-order valence-electron chi connectivity index (χ1n) is 8.11. The first-order valence-corrected chi connectivity index (χ1v) is 8.49. The maximum Gasteiger partial charge on any atom is 0.261 e. The zero-order valence-electron chi connectivity index (χ0n) is 13.3. The van der Waals surface area contributed by atoms with Crippen molar-refractivity contribution < 1.29 is 9.18 Å². The zero-order chi connectivity index (χ0) is 16.9. The molecular formula is C18H19ClFN3O. The molecule has 0 radical (unpaired) electrons. The monoisotopic (exact) mass is 347 g/mol. The molecule has 0 saturated carbocycles. The molecule has 1 aromatic carbocycles. The van der Waals surface area contributed by atoms with E-state index in [1.54, 1.807) is 12.3 Å². The number of hydrogen-bond acceptors (Lipinski definition) is 3. The summed E-state index contributed by atoms with van der Waals surface area (Å²) in [6, 6.07) is 7.80. The van der Waals surface area contributed by atoms with Crippen LogP contribution in [-0.4, -0.2) is 24.0 Å². The van der Waals surface area contributed by atoms with Gasteiger partial charge in [-0.25, -0.2) is 9.37 Å². The maximum absolute atomic E-state index is 13.8. The number of aromatic nitrogens is 1. The molecule has 1 aliphatic rings. The Balaban J connectivity index is 1.71. The molecule has 1 N–H and O–H groups in total. The number of nitrogens with one attached hydrogen (secondary N) is 1. The van der Waals surface area contributed by atoms with Gasteiger partial charge < -0.3 is 10.2 Å². The van der Waals surface area contributed by atoms with E-state index >= 15 is 0 Å². The Kier molecular flexibility index (Phi) is 5.30. The molecule has 1 saturated heterocycles. The van der Waals surface area contributed by atoms with Gasteiger partial charge >= 0.3 is 0 Å². The molecule has 1 aromatic heterocycles. The largest absolute Gasteiger partial charge is 0.370 e. The molecule has 0 spiro atoms. The second-order valence-electron chi connectivity index (χ2n) is 5.85. The van der Waals surface area contributed by atoms with E-state index in [0.717, 1.165) is 18.8 Å². The van der Waals surface area contributed by atoms with Gasteiger partial charge in [-0.05, 0) is 37.1 Å². The van der Waals surface area contributed by atoms with E-state index in [4.69, 9.17) is 11.6 Å². The van der Waals surface area contributed by atoms with Gasteiger partial charge in [0.2, 0.25) is 0 Å².